The van der Waals surface area contributed by atoms with E-state index in [-0.39, 0.29) is 6.61 Å². The summed E-state index contributed by atoms with van der Waals surface area (Å²) in [7, 11) is 0. The van der Waals surface area contributed by atoms with Crippen molar-refractivity contribution in [1.29, 1.82) is 0 Å². The Morgan fingerprint density at radius 2 is 2.00 bits per heavy atom. The van der Waals surface area contributed by atoms with Gasteiger partial charge in [0, 0.05) is 6.61 Å². The highest BCUT2D eigenvalue weighted by Gasteiger charge is 2.13. The molecule has 1 aliphatic rings. The first-order chi connectivity index (χ1) is 8.38. The van der Waals surface area contributed by atoms with E-state index < -0.39 is 0 Å². The maximum atomic E-state index is 8.90. The van der Waals surface area contributed by atoms with E-state index in [9.17, 15) is 0 Å². The minimum absolute atomic E-state index is 0.200. The molecular formula is C15H22O2. The summed E-state index contributed by atoms with van der Waals surface area (Å²) in [5.74, 6) is 1.69. The lowest BCUT2D eigenvalue weighted by Crippen LogP contribution is -2.15. The number of rotatable bonds is 5. The molecule has 1 aromatic rings. The Hall–Kier alpha value is -1.02. The highest BCUT2D eigenvalue weighted by molar-refractivity contribution is 5.28. The summed E-state index contributed by atoms with van der Waals surface area (Å²) < 4.78 is 5.85. The van der Waals surface area contributed by atoms with Crippen LogP contribution >= 0.6 is 0 Å². The molecule has 0 atom stereocenters. The van der Waals surface area contributed by atoms with Gasteiger partial charge < -0.3 is 9.84 Å². The Balaban J connectivity index is 1.83. The lowest BCUT2D eigenvalue weighted by atomic mass is 9.90. The third kappa shape index (κ3) is 4.04. The van der Waals surface area contributed by atoms with E-state index in [1.165, 1.54) is 32.1 Å². The summed E-state index contributed by atoms with van der Waals surface area (Å²) in [6, 6.07) is 8.08. The van der Waals surface area contributed by atoms with Crippen molar-refractivity contribution in [3.05, 3.63) is 29.8 Å². The molecule has 0 unspecified atom stereocenters. The van der Waals surface area contributed by atoms with Crippen molar-refractivity contribution in [3.8, 4) is 5.75 Å². The van der Waals surface area contributed by atoms with Crippen LogP contribution in [0.1, 0.15) is 37.7 Å². The maximum Gasteiger partial charge on any atom is 0.119 e. The summed E-state index contributed by atoms with van der Waals surface area (Å²) in [4.78, 5) is 0. The van der Waals surface area contributed by atoms with Crippen LogP contribution < -0.4 is 4.74 Å². The van der Waals surface area contributed by atoms with Crippen LogP contribution in [0.5, 0.6) is 5.75 Å². The zero-order chi connectivity index (χ0) is 11.9. The molecule has 1 saturated carbocycles. The molecule has 2 nitrogen and oxygen atoms in total. The predicted octanol–water partition coefficient (Wildman–Crippen LogP) is 3.18. The fraction of sp³-hybridized carbons (Fsp3) is 0.600. The van der Waals surface area contributed by atoms with Crippen molar-refractivity contribution in [1.82, 2.24) is 0 Å². The van der Waals surface area contributed by atoms with Crippen molar-refractivity contribution < 1.29 is 9.84 Å². The van der Waals surface area contributed by atoms with Gasteiger partial charge in [-0.3, -0.25) is 0 Å². The number of hydrogen-bond acceptors (Lipinski definition) is 2. The molecule has 1 aliphatic carbocycles. The first-order valence-corrected chi connectivity index (χ1v) is 6.71. The van der Waals surface area contributed by atoms with E-state index in [1.54, 1.807) is 0 Å². The van der Waals surface area contributed by atoms with E-state index >= 15 is 0 Å². The molecule has 1 N–H and O–H groups in total. The van der Waals surface area contributed by atoms with Crippen LogP contribution in [0.4, 0.5) is 0 Å². The van der Waals surface area contributed by atoms with Crippen molar-refractivity contribution in [2.45, 2.75) is 38.5 Å². The molecule has 2 rings (SSSR count). The summed E-state index contributed by atoms with van der Waals surface area (Å²) in [6.07, 6.45) is 7.45. The molecular weight excluding hydrogens is 212 g/mol. The van der Waals surface area contributed by atoms with Gasteiger partial charge in [0.15, 0.2) is 0 Å². The zero-order valence-corrected chi connectivity index (χ0v) is 10.4. The van der Waals surface area contributed by atoms with Crippen LogP contribution in [0.2, 0.25) is 0 Å². The summed E-state index contributed by atoms with van der Waals surface area (Å²) in [5.41, 5.74) is 1.15. The molecule has 0 spiro atoms. The van der Waals surface area contributed by atoms with Gasteiger partial charge in [0.1, 0.15) is 5.75 Å². The van der Waals surface area contributed by atoms with Gasteiger partial charge in [0.2, 0.25) is 0 Å². The van der Waals surface area contributed by atoms with Crippen molar-refractivity contribution in [3.63, 3.8) is 0 Å². The first-order valence-electron chi connectivity index (χ1n) is 6.71. The van der Waals surface area contributed by atoms with Gasteiger partial charge in [0.25, 0.3) is 0 Å². The SMILES string of the molecule is OCCc1cccc(OCC2CCCCC2)c1. The number of aliphatic hydroxyl groups is 1. The Kier molecular flexibility index (Phi) is 4.87. The van der Waals surface area contributed by atoms with Gasteiger partial charge >= 0.3 is 0 Å². The van der Waals surface area contributed by atoms with Gasteiger partial charge in [-0.2, -0.15) is 0 Å². The Bertz CT molecular complexity index is 329. The smallest absolute Gasteiger partial charge is 0.119 e. The molecule has 1 fully saturated rings. The van der Waals surface area contributed by atoms with Gasteiger partial charge in [-0.25, -0.2) is 0 Å². The molecule has 0 heterocycles. The molecule has 1 aromatic carbocycles. The van der Waals surface area contributed by atoms with Gasteiger partial charge in [0.05, 0.1) is 6.61 Å². The van der Waals surface area contributed by atoms with E-state index in [0.29, 0.717) is 6.42 Å². The number of aliphatic hydroxyl groups excluding tert-OH is 1. The minimum atomic E-state index is 0.200. The highest BCUT2D eigenvalue weighted by Crippen LogP contribution is 2.24. The van der Waals surface area contributed by atoms with Gasteiger partial charge in [-0.1, -0.05) is 31.4 Å². The fourth-order valence-corrected chi connectivity index (χ4v) is 2.49. The molecule has 17 heavy (non-hydrogen) atoms. The van der Waals surface area contributed by atoms with E-state index in [1.807, 2.05) is 24.3 Å². The predicted molar refractivity (Wildman–Crippen MR) is 69.3 cm³/mol. The third-order valence-electron chi connectivity index (χ3n) is 3.51. The van der Waals surface area contributed by atoms with E-state index in [4.69, 9.17) is 9.84 Å². The normalized spacial score (nSPS) is 17.0. The fourth-order valence-electron chi connectivity index (χ4n) is 2.49. The van der Waals surface area contributed by atoms with Crippen LogP contribution in [-0.2, 0) is 6.42 Å². The molecule has 0 amide bonds. The van der Waals surface area contributed by atoms with Crippen LogP contribution in [0.15, 0.2) is 24.3 Å². The summed E-state index contributed by atoms with van der Waals surface area (Å²) >= 11 is 0. The monoisotopic (exact) mass is 234 g/mol. The molecule has 0 radical (unpaired) electrons. The number of benzene rings is 1. The Morgan fingerprint density at radius 1 is 1.18 bits per heavy atom. The van der Waals surface area contributed by atoms with Gasteiger partial charge in [-0.05, 0) is 42.9 Å². The third-order valence-corrected chi connectivity index (χ3v) is 3.51. The lowest BCUT2D eigenvalue weighted by Gasteiger charge is -2.21. The van der Waals surface area contributed by atoms with Crippen LogP contribution in [-0.4, -0.2) is 18.3 Å². The minimum Gasteiger partial charge on any atom is -0.493 e. The first kappa shape index (κ1) is 12.4. The van der Waals surface area contributed by atoms with Crippen LogP contribution in [0.3, 0.4) is 0 Å². The highest BCUT2D eigenvalue weighted by atomic mass is 16.5. The molecule has 0 saturated heterocycles. The average molecular weight is 234 g/mol. The lowest BCUT2D eigenvalue weighted by molar-refractivity contribution is 0.208. The second-order valence-electron chi connectivity index (χ2n) is 4.94. The number of hydrogen-bond donors (Lipinski definition) is 1. The summed E-state index contributed by atoms with van der Waals surface area (Å²) in [6.45, 7) is 1.05. The topological polar surface area (TPSA) is 29.5 Å². The number of ether oxygens (including phenoxy) is 1. The van der Waals surface area contributed by atoms with Crippen LogP contribution in [0, 0.1) is 5.92 Å². The van der Waals surface area contributed by atoms with Crippen molar-refractivity contribution in [2.24, 2.45) is 5.92 Å². The summed E-state index contributed by atoms with van der Waals surface area (Å²) in [5, 5.41) is 8.90. The molecule has 0 aliphatic heterocycles. The van der Waals surface area contributed by atoms with E-state index in [2.05, 4.69) is 0 Å². The standard InChI is InChI=1S/C15H22O2/c16-10-9-13-7-4-8-15(11-13)17-12-14-5-2-1-3-6-14/h4,7-8,11,14,16H,1-3,5-6,9-10,12H2. The molecule has 0 bridgehead atoms. The second-order valence-corrected chi connectivity index (χ2v) is 4.94. The van der Waals surface area contributed by atoms with Crippen LogP contribution in [0.25, 0.3) is 0 Å². The Labute approximate surface area is 104 Å². The zero-order valence-electron chi connectivity index (χ0n) is 10.4. The molecule has 0 aromatic heterocycles. The van der Waals surface area contributed by atoms with E-state index in [0.717, 1.165) is 23.8 Å². The average Bonchev–Trinajstić information content (AvgIpc) is 2.39. The Morgan fingerprint density at radius 3 is 2.76 bits per heavy atom. The van der Waals surface area contributed by atoms with Crippen molar-refractivity contribution >= 4 is 0 Å². The maximum absolute atomic E-state index is 8.90. The van der Waals surface area contributed by atoms with Gasteiger partial charge in [-0.15, -0.1) is 0 Å². The quantitative estimate of drug-likeness (QED) is 0.848. The molecule has 2 heteroatoms. The largest absolute Gasteiger partial charge is 0.493 e. The van der Waals surface area contributed by atoms with Crippen molar-refractivity contribution in [2.75, 3.05) is 13.2 Å². The molecule has 94 valence electrons. The second kappa shape index (κ2) is 6.65.